The molecule has 0 aliphatic rings. The van der Waals surface area contributed by atoms with Crippen LogP contribution in [0, 0.1) is 6.92 Å². The summed E-state index contributed by atoms with van der Waals surface area (Å²) in [5, 5.41) is 8.20. The highest BCUT2D eigenvalue weighted by atomic mass is 32.2. The third-order valence-corrected chi connectivity index (χ3v) is 5.70. The number of hydrogen-bond acceptors (Lipinski definition) is 7. The molecule has 9 heteroatoms. The molecule has 0 radical (unpaired) electrons. The lowest BCUT2D eigenvalue weighted by molar-refractivity contribution is 0.102. The van der Waals surface area contributed by atoms with E-state index in [4.69, 9.17) is 4.42 Å². The van der Waals surface area contributed by atoms with E-state index >= 15 is 0 Å². The topological polar surface area (TPSA) is 111 Å². The Kier molecular flexibility index (Phi) is 6.46. The average Bonchev–Trinajstić information content (AvgIpc) is 3.26. The van der Waals surface area contributed by atoms with Crippen molar-refractivity contribution >= 4 is 17.5 Å². The number of H-pyrrole nitrogens is 1. The normalized spacial score (nSPS) is 10.9. The number of hydrogen-bond donors (Lipinski definition) is 1. The third kappa shape index (κ3) is 4.94. The molecule has 8 nitrogen and oxygen atoms in total. The molecule has 0 saturated heterocycles. The highest BCUT2D eigenvalue weighted by Gasteiger charge is 2.17. The zero-order valence-electron chi connectivity index (χ0n) is 17.3. The zero-order valence-corrected chi connectivity index (χ0v) is 18.1. The Morgan fingerprint density at radius 2 is 1.72 bits per heavy atom. The van der Waals surface area contributed by atoms with E-state index in [-0.39, 0.29) is 35.6 Å². The molecular weight excluding hydrogens is 428 g/mol. The first-order valence-corrected chi connectivity index (χ1v) is 10.9. The molecule has 0 unspecified atom stereocenters. The number of aryl methyl sites for hydroxylation is 1. The summed E-state index contributed by atoms with van der Waals surface area (Å²) in [7, 11) is 0. The van der Waals surface area contributed by atoms with Crippen molar-refractivity contribution in [1.82, 2.24) is 19.7 Å². The Morgan fingerprint density at radius 1 is 1.03 bits per heavy atom. The lowest BCUT2D eigenvalue weighted by Crippen LogP contribution is -2.38. The van der Waals surface area contributed by atoms with Gasteiger partial charge in [0.05, 0.1) is 18.7 Å². The van der Waals surface area contributed by atoms with Gasteiger partial charge in [0.1, 0.15) is 0 Å². The van der Waals surface area contributed by atoms with Crippen LogP contribution in [0.5, 0.6) is 0 Å². The van der Waals surface area contributed by atoms with Gasteiger partial charge in [-0.05, 0) is 12.5 Å². The second-order valence-corrected chi connectivity index (χ2v) is 8.05. The molecule has 0 aliphatic heterocycles. The molecule has 1 N–H and O–H groups in total. The number of ketones is 1. The highest BCUT2D eigenvalue weighted by molar-refractivity contribution is 7.99. The van der Waals surface area contributed by atoms with Crippen molar-refractivity contribution in [1.29, 1.82) is 0 Å². The molecule has 162 valence electrons. The molecule has 2 aromatic heterocycles. The second kappa shape index (κ2) is 9.61. The van der Waals surface area contributed by atoms with Gasteiger partial charge in [-0.25, -0.2) is 4.79 Å². The largest absolute Gasteiger partial charge is 0.416 e. The number of benzene rings is 2. The Morgan fingerprint density at radius 3 is 2.44 bits per heavy atom. The number of aromatic nitrogens is 4. The number of nitrogens with one attached hydrogen (secondary N) is 1. The molecule has 2 heterocycles. The van der Waals surface area contributed by atoms with Crippen molar-refractivity contribution in [2.75, 3.05) is 5.75 Å². The molecule has 0 spiro atoms. The van der Waals surface area contributed by atoms with E-state index in [0.29, 0.717) is 16.8 Å². The maximum absolute atomic E-state index is 13.0. The van der Waals surface area contributed by atoms with Gasteiger partial charge in [0.15, 0.2) is 5.78 Å². The van der Waals surface area contributed by atoms with Gasteiger partial charge in [-0.3, -0.25) is 14.2 Å². The average molecular weight is 449 g/mol. The lowest BCUT2D eigenvalue weighted by atomic mass is 10.1. The van der Waals surface area contributed by atoms with Crippen LogP contribution in [0.25, 0.3) is 0 Å². The van der Waals surface area contributed by atoms with Crippen molar-refractivity contribution in [3.63, 3.8) is 0 Å². The predicted molar refractivity (Wildman–Crippen MR) is 120 cm³/mol. The first-order valence-electron chi connectivity index (χ1n) is 9.91. The fourth-order valence-corrected chi connectivity index (χ4v) is 3.87. The molecule has 4 aromatic rings. The van der Waals surface area contributed by atoms with E-state index < -0.39 is 11.2 Å². The minimum Gasteiger partial charge on any atom is -0.416 e. The second-order valence-electron chi connectivity index (χ2n) is 7.13. The van der Waals surface area contributed by atoms with Crippen molar-refractivity contribution in [3.05, 3.63) is 110 Å². The third-order valence-electron chi connectivity index (χ3n) is 4.88. The summed E-state index contributed by atoms with van der Waals surface area (Å²) >= 11 is 1.14. The summed E-state index contributed by atoms with van der Waals surface area (Å²) < 4.78 is 6.78. The van der Waals surface area contributed by atoms with Gasteiger partial charge in [0, 0.05) is 16.8 Å². The fourth-order valence-electron chi connectivity index (χ4n) is 3.19. The van der Waals surface area contributed by atoms with Crippen molar-refractivity contribution in [2.24, 2.45) is 0 Å². The number of carbonyl (C=O) groups excluding carboxylic acids is 1. The van der Waals surface area contributed by atoms with Gasteiger partial charge in [-0.15, -0.1) is 10.2 Å². The molecule has 0 bridgehead atoms. The van der Waals surface area contributed by atoms with Gasteiger partial charge in [0.2, 0.25) is 5.89 Å². The lowest BCUT2D eigenvalue weighted by Gasteiger charge is -2.09. The zero-order chi connectivity index (χ0) is 22.5. The van der Waals surface area contributed by atoms with Crippen LogP contribution >= 0.6 is 11.8 Å². The first kappa shape index (κ1) is 21.5. The van der Waals surface area contributed by atoms with E-state index in [1.807, 2.05) is 36.4 Å². The number of Topliss-reactive ketones (excluding diaryl/α,β-unsaturated/α-hetero) is 1. The van der Waals surface area contributed by atoms with Gasteiger partial charge >= 0.3 is 5.69 Å². The minimum absolute atomic E-state index is 0.0457. The summed E-state index contributed by atoms with van der Waals surface area (Å²) in [5.41, 5.74) is 1.41. The van der Waals surface area contributed by atoms with Crippen LogP contribution in [-0.4, -0.2) is 31.3 Å². The van der Waals surface area contributed by atoms with E-state index in [1.54, 1.807) is 31.2 Å². The van der Waals surface area contributed by atoms with Crippen LogP contribution < -0.4 is 11.2 Å². The highest BCUT2D eigenvalue weighted by Crippen LogP contribution is 2.19. The first-order chi connectivity index (χ1) is 15.5. The summed E-state index contributed by atoms with van der Waals surface area (Å²) in [6.07, 6.45) is 0.0798. The molecule has 0 saturated carbocycles. The maximum atomic E-state index is 13.0. The summed E-state index contributed by atoms with van der Waals surface area (Å²) in [6.45, 7) is 1.82. The smallest absolute Gasteiger partial charge is 0.328 e. The predicted octanol–water partition coefficient (Wildman–Crippen LogP) is 2.84. The number of nitrogens with zero attached hydrogens (tertiary/aromatic N) is 3. The summed E-state index contributed by atoms with van der Waals surface area (Å²) in [6, 6.07) is 18.2. The van der Waals surface area contributed by atoms with Crippen molar-refractivity contribution in [2.45, 2.75) is 25.1 Å². The number of carbonyl (C=O) groups is 1. The van der Waals surface area contributed by atoms with Crippen LogP contribution in [0.1, 0.15) is 33.1 Å². The quantitative estimate of drug-likeness (QED) is 0.326. The molecule has 0 atom stereocenters. The van der Waals surface area contributed by atoms with E-state index in [1.165, 1.54) is 0 Å². The number of rotatable bonds is 8. The summed E-state index contributed by atoms with van der Waals surface area (Å²) in [5.74, 6) is 0.349. The molecule has 0 aliphatic carbocycles. The van der Waals surface area contributed by atoms with Crippen LogP contribution in [0.4, 0.5) is 0 Å². The number of thioether (sulfide) groups is 1. The Labute approximate surface area is 187 Å². The fraction of sp³-hybridized carbons (Fsp3) is 0.174. The summed E-state index contributed by atoms with van der Waals surface area (Å²) in [4.78, 5) is 40.3. The van der Waals surface area contributed by atoms with Crippen molar-refractivity contribution < 1.29 is 9.21 Å². The molecule has 32 heavy (non-hydrogen) atoms. The van der Waals surface area contributed by atoms with Crippen LogP contribution in [0.2, 0.25) is 0 Å². The van der Waals surface area contributed by atoms with E-state index in [0.717, 1.165) is 21.9 Å². The van der Waals surface area contributed by atoms with Gasteiger partial charge in [0.25, 0.3) is 10.8 Å². The van der Waals surface area contributed by atoms with E-state index in [2.05, 4.69) is 15.2 Å². The minimum atomic E-state index is -0.471. The molecule has 0 amide bonds. The Balaban J connectivity index is 1.49. The standard InChI is InChI=1S/C23H20N4O4S/c1-15-18(21(29)27(22(30)24-15)13-16-8-4-2-5-9-16)12-20-25-26-23(31-20)32-14-19(28)17-10-6-3-7-11-17/h2-11H,12-14H2,1H3,(H,24,30). The van der Waals surface area contributed by atoms with Crippen molar-refractivity contribution in [3.8, 4) is 0 Å². The van der Waals surface area contributed by atoms with Crippen LogP contribution in [0.3, 0.4) is 0 Å². The van der Waals surface area contributed by atoms with Crippen LogP contribution in [-0.2, 0) is 13.0 Å². The van der Waals surface area contributed by atoms with Gasteiger partial charge in [-0.2, -0.15) is 0 Å². The van der Waals surface area contributed by atoms with Gasteiger partial charge in [-0.1, -0.05) is 72.4 Å². The Hall–Kier alpha value is -3.72. The maximum Gasteiger partial charge on any atom is 0.328 e. The van der Waals surface area contributed by atoms with E-state index in [9.17, 15) is 14.4 Å². The number of aromatic amines is 1. The SMILES string of the molecule is Cc1[nH]c(=O)n(Cc2ccccc2)c(=O)c1Cc1nnc(SCC(=O)c2ccccc2)o1. The molecular formula is C23H20N4O4S. The molecule has 4 rings (SSSR count). The van der Waals surface area contributed by atoms with Crippen LogP contribution in [0.15, 0.2) is 79.9 Å². The monoisotopic (exact) mass is 448 g/mol. The molecule has 2 aromatic carbocycles. The molecule has 0 fully saturated rings. The van der Waals surface area contributed by atoms with Gasteiger partial charge < -0.3 is 9.40 Å². The Bertz CT molecular complexity index is 1340.